The van der Waals surface area contributed by atoms with Crippen molar-refractivity contribution in [3.63, 3.8) is 0 Å². The van der Waals surface area contributed by atoms with Crippen molar-refractivity contribution in [2.45, 2.75) is 28.7 Å². The van der Waals surface area contributed by atoms with Gasteiger partial charge in [0.1, 0.15) is 9.79 Å². The molecule has 0 amide bonds. The number of halogens is 1. The number of piperidine rings is 1. The Bertz CT molecular complexity index is 758. The molecule has 7 nitrogen and oxygen atoms in total. The highest BCUT2D eigenvalue weighted by Crippen LogP contribution is 2.27. The molecule has 1 aromatic rings. The van der Waals surface area contributed by atoms with Crippen LogP contribution in [0.1, 0.15) is 12.8 Å². The van der Waals surface area contributed by atoms with Crippen molar-refractivity contribution in [1.82, 2.24) is 13.9 Å². The first-order valence-corrected chi connectivity index (χ1v) is 10.3. The molecule has 1 N–H and O–H groups in total. The highest BCUT2D eigenvalue weighted by atomic mass is 35.5. The summed E-state index contributed by atoms with van der Waals surface area (Å²) in [6.07, 6.45) is 1.41. The molecule has 2 rings (SSSR count). The fraction of sp³-hybridized carbons (Fsp3) is 0.571. The quantitative estimate of drug-likeness (QED) is 0.791. The van der Waals surface area contributed by atoms with E-state index in [0.29, 0.717) is 32.0 Å². The first kappa shape index (κ1) is 21.3. The summed E-state index contributed by atoms with van der Waals surface area (Å²) in [6.45, 7) is 0.758. The second-order valence-electron chi connectivity index (χ2n) is 5.70. The average molecular weight is 398 g/mol. The number of hydrogen-bond acceptors (Lipinski definition) is 5. The third-order valence-electron chi connectivity index (χ3n) is 4.09. The number of rotatable bonds is 5. The van der Waals surface area contributed by atoms with Crippen LogP contribution in [0.25, 0.3) is 0 Å². The van der Waals surface area contributed by atoms with Gasteiger partial charge in [0.2, 0.25) is 20.0 Å². The van der Waals surface area contributed by atoms with Gasteiger partial charge in [-0.2, -0.15) is 4.31 Å². The smallest absolute Gasteiger partial charge is 0.244 e. The molecule has 0 aromatic heterocycles. The fourth-order valence-electron chi connectivity index (χ4n) is 2.60. The second-order valence-corrected chi connectivity index (χ2v) is 9.73. The van der Waals surface area contributed by atoms with E-state index in [9.17, 15) is 16.8 Å². The summed E-state index contributed by atoms with van der Waals surface area (Å²) in [6, 6.07) is 6.06. The fourth-order valence-corrected chi connectivity index (χ4v) is 5.74. The Balaban J connectivity index is 0.00000288. The number of nitrogens with zero attached hydrogens (tertiary/aromatic N) is 2. The van der Waals surface area contributed by atoms with Crippen molar-refractivity contribution in [3.8, 4) is 0 Å². The van der Waals surface area contributed by atoms with E-state index in [4.69, 9.17) is 0 Å². The highest BCUT2D eigenvalue weighted by molar-refractivity contribution is 7.92. The third-order valence-corrected chi connectivity index (χ3v) is 8.05. The Labute approximate surface area is 150 Å². The van der Waals surface area contributed by atoms with E-state index >= 15 is 0 Å². The number of benzene rings is 1. The molecule has 0 bridgehead atoms. The lowest BCUT2D eigenvalue weighted by Gasteiger charge is -2.31. The summed E-state index contributed by atoms with van der Waals surface area (Å²) < 4.78 is 53.0. The predicted molar refractivity (Wildman–Crippen MR) is 95.4 cm³/mol. The van der Waals surface area contributed by atoms with Gasteiger partial charge in [0.25, 0.3) is 0 Å². The molecular formula is C14H24ClN3O4S2. The molecular weight excluding hydrogens is 374 g/mol. The molecule has 0 aliphatic carbocycles. The molecule has 1 aromatic carbocycles. The minimum absolute atomic E-state index is 0. The van der Waals surface area contributed by atoms with E-state index < -0.39 is 20.0 Å². The number of nitrogens with one attached hydrogen (secondary N) is 1. The molecule has 1 heterocycles. The summed E-state index contributed by atoms with van der Waals surface area (Å²) in [7, 11) is -3.04. The normalized spacial score (nSPS) is 17.7. The van der Waals surface area contributed by atoms with Crippen LogP contribution in [0.2, 0.25) is 0 Å². The van der Waals surface area contributed by atoms with Crippen molar-refractivity contribution < 1.29 is 16.8 Å². The second kappa shape index (κ2) is 8.11. The van der Waals surface area contributed by atoms with Gasteiger partial charge >= 0.3 is 0 Å². The van der Waals surface area contributed by atoms with E-state index in [1.54, 1.807) is 6.07 Å². The van der Waals surface area contributed by atoms with Gasteiger partial charge in [0.15, 0.2) is 0 Å². The average Bonchev–Trinajstić information content (AvgIpc) is 2.54. The van der Waals surface area contributed by atoms with E-state index in [0.717, 1.165) is 4.31 Å². The van der Waals surface area contributed by atoms with Crippen LogP contribution >= 0.6 is 12.4 Å². The van der Waals surface area contributed by atoms with Gasteiger partial charge in [-0.15, -0.1) is 12.4 Å². The van der Waals surface area contributed by atoms with Crippen LogP contribution in [0.3, 0.4) is 0 Å². The Morgan fingerprint density at radius 3 is 2.00 bits per heavy atom. The number of hydrogen-bond donors (Lipinski definition) is 1. The van der Waals surface area contributed by atoms with Crippen molar-refractivity contribution in [1.29, 1.82) is 0 Å². The topological polar surface area (TPSA) is 86.8 Å². The summed E-state index contributed by atoms with van der Waals surface area (Å²) >= 11 is 0. The molecule has 10 heteroatoms. The lowest BCUT2D eigenvalue weighted by Crippen LogP contribution is -2.44. The molecule has 1 saturated heterocycles. The minimum Gasteiger partial charge on any atom is -0.317 e. The summed E-state index contributed by atoms with van der Waals surface area (Å²) in [5, 5.41) is 3.14. The summed E-state index contributed by atoms with van der Waals surface area (Å²) in [5.41, 5.74) is 0. The SMILES string of the molecule is CNC1CCN(S(=O)(=O)c2ccccc2S(=O)(=O)N(C)C)CC1.Cl. The molecule has 0 spiro atoms. The summed E-state index contributed by atoms with van der Waals surface area (Å²) in [5.74, 6) is 0. The van der Waals surface area contributed by atoms with E-state index in [1.165, 1.54) is 36.6 Å². The standard InChI is InChI=1S/C14H23N3O4S2.ClH/c1-15-12-8-10-17(11-9-12)23(20,21)14-7-5-4-6-13(14)22(18,19)16(2)3;/h4-7,12,15H,8-11H2,1-3H3;1H. The highest BCUT2D eigenvalue weighted by Gasteiger charge is 2.34. The number of sulfonamides is 2. The molecule has 0 unspecified atom stereocenters. The van der Waals surface area contributed by atoms with Crippen molar-refractivity contribution in [3.05, 3.63) is 24.3 Å². The summed E-state index contributed by atoms with van der Waals surface area (Å²) in [4.78, 5) is -0.336. The maximum absolute atomic E-state index is 12.9. The van der Waals surface area contributed by atoms with E-state index in [2.05, 4.69) is 5.32 Å². The molecule has 1 aliphatic rings. The Hall–Kier alpha value is -0.710. The molecule has 1 aliphatic heterocycles. The van der Waals surface area contributed by atoms with E-state index in [-0.39, 0.29) is 22.2 Å². The van der Waals surface area contributed by atoms with Crippen LogP contribution in [-0.2, 0) is 20.0 Å². The van der Waals surface area contributed by atoms with Crippen LogP contribution in [0.5, 0.6) is 0 Å². The molecule has 0 radical (unpaired) electrons. The van der Waals surface area contributed by atoms with Crippen LogP contribution in [0.15, 0.2) is 34.1 Å². The lowest BCUT2D eigenvalue weighted by molar-refractivity contribution is 0.298. The van der Waals surface area contributed by atoms with Gasteiger partial charge < -0.3 is 5.32 Å². The Kier molecular flexibility index (Phi) is 7.21. The molecule has 0 saturated carbocycles. The van der Waals surface area contributed by atoms with Gasteiger partial charge in [-0.1, -0.05) is 12.1 Å². The maximum atomic E-state index is 12.9. The van der Waals surface area contributed by atoms with Crippen LogP contribution in [-0.4, -0.2) is 65.7 Å². The zero-order chi connectivity index (χ0) is 17.3. The van der Waals surface area contributed by atoms with Gasteiger partial charge in [-0.05, 0) is 32.0 Å². The molecule has 24 heavy (non-hydrogen) atoms. The van der Waals surface area contributed by atoms with Crippen molar-refractivity contribution in [2.75, 3.05) is 34.2 Å². The Morgan fingerprint density at radius 2 is 1.54 bits per heavy atom. The lowest BCUT2D eigenvalue weighted by atomic mass is 10.1. The molecule has 138 valence electrons. The first-order valence-electron chi connectivity index (χ1n) is 7.40. The zero-order valence-corrected chi connectivity index (χ0v) is 16.4. The van der Waals surface area contributed by atoms with E-state index in [1.807, 2.05) is 7.05 Å². The molecule has 0 atom stereocenters. The van der Waals surface area contributed by atoms with Gasteiger partial charge in [0.05, 0.1) is 0 Å². The first-order chi connectivity index (χ1) is 10.7. The van der Waals surface area contributed by atoms with Crippen molar-refractivity contribution in [2.24, 2.45) is 0 Å². The minimum atomic E-state index is -3.84. The van der Waals surface area contributed by atoms with Gasteiger partial charge in [0, 0.05) is 33.2 Å². The van der Waals surface area contributed by atoms with Gasteiger partial charge in [-0.3, -0.25) is 0 Å². The zero-order valence-electron chi connectivity index (χ0n) is 14.0. The van der Waals surface area contributed by atoms with Crippen LogP contribution in [0.4, 0.5) is 0 Å². The Morgan fingerprint density at radius 1 is 1.04 bits per heavy atom. The predicted octanol–water partition coefficient (Wildman–Crippen LogP) is 0.731. The molecule has 1 fully saturated rings. The van der Waals surface area contributed by atoms with Crippen LogP contribution in [0, 0.1) is 0 Å². The largest absolute Gasteiger partial charge is 0.317 e. The third kappa shape index (κ3) is 4.09. The van der Waals surface area contributed by atoms with Gasteiger partial charge in [-0.25, -0.2) is 21.1 Å². The van der Waals surface area contributed by atoms with Crippen molar-refractivity contribution >= 4 is 32.5 Å². The van der Waals surface area contributed by atoms with Crippen LogP contribution < -0.4 is 5.32 Å². The monoisotopic (exact) mass is 397 g/mol. The maximum Gasteiger partial charge on any atom is 0.244 e.